The fourth-order valence-electron chi connectivity index (χ4n) is 2.18. The Morgan fingerprint density at radius 1 is 1.44 bits per heavy atom. The molecule has 16 heavy (non-hydrogen) atoms. The summed E-state index contributed by atoms with van der Waals surface area (Å²) >= 11 is 0. The van der Waals surface area contributed by atoms with Crippen molar-refractivity contribution in [3.05, 3.63) is 29.4 Å². The zero-order chi connectivity index (χ0) is 11.2. The number of imidazole rings is 1. The van der Waals surface area contributed by atoms with Crippen LogP contribution in [0.2, 0.25) is 0 Å². The highest BCUT2D eigenvalue weighted by atomic mass is 15.2. The van der Waals surface area contributed by atoms with Crippen molar-refractivity contribution in [3.8, 4) is 0 Å². The number of aromatic nitrogens is 2. The van der Waals surface area contributed by atoms with Gasteiger partial charge in [-0.05, 0) is 19.1 Å². The molecule has 4 nitrogen and oxygen atoms in total. The normalized spacial score (nSPS) is 27.4. The Labute approximate surface area is 94.9 Å². The van der Waals surface area contributed by atoms with Crippen LogP contribution >= 0.6 is 0 Å². The van der Waals surface area contributed by atoms with Crippen LogP contribution in [-0.2, 0) is 13.1 Å². The molecular formula is C12H16N4. The fraction of sp³-hybridized carbons (Fsp3) is 0.417. The van der Waals surface area contributed by atoms with E-state index < -0.39 is 0 Å². The van der Waals surface area contributed by atoms with Crippen LogP contribution in [0.15, 0.2) is 12.2 Å². The maximum absolute atomic E-state index is 6.07. The van der Waals surface area contributed by atoms with Gasteiger partial charge in [-0.2, -0.15) is 0 Å². The number of fused-ring (bicyclic) bond motifs is 3. The predicted molar refractivity (Wildman–Crippen MR) is 64.6 cm³/mol. The predicted octanol–water partition coefficient (Wildman–Crippen LogP) is 0.744. The van der Waals surface area contributed by atoms with Crippen LogP contribution in [0.5, 0.6) is 0 Å². The second-order valence-electron chi connectivity index (χ2n) is 4.66. The Balaban J connectivity index is 2.12. The second-order valence-corrected chi connectivity index (χ2v) is 4.66. The van der Waals surface area contributed by atoms with Gasteiger partial charge in [0.2, 0.25) is 0 Å². The molecule has 0 bridgehead atoms. The first-order chi connectivity index (χ1) is 7.66. The highest BCUT2D eigenvalue weighted by Gasteiger charge is 2.20. The summed E-state index contributed by atoms with van der Waals surface area (Å²) < 4.78 is 2.27. The van der Waals surface area contributed by atoms with Gasteiger partial charge >= 0.3 is 0 Å². The SMILES string of the molecule is CC1(N)C=Cc2nc3n(c2C=C1)CCNC3. The summed E-state index contributed by atoms with van der Waals surface area (Å²) in [4.78, 5) is 4.62. The number of nitrogens with two attached hydrogens (primary N) is 1. The van der Waals surface area contributed by atoms with E-state index in [1.807, 2.05) is 25.2 Å². The van der Waals surface area contributed by atoms with E-state index in [1.54, 1.807) is 0 Å². The molecule has 0 fully saturated rings. The number of hydrogen-bond donors (Lipinski definition) is 2. The molecule has 3 rings (SSSR count). The zero-order valence-corrected chi connectivity index (χ0v) is 9.40. The molecule has 0 aromatic carbocycles. The topological polar surface area (TPSA) is 55.9 Å². The molecule has 1 aromatic rings. The molecule has 1 aliphatic carbocycles. The van der Waals surface area contributed by atoms with E-state index in [0.29, 0.717) is 0 Å². The lowest BCUT2D eigenvalue weighted by molar-refractivity contribution is 0.503. The van der Waals surface area contributed by atoms with Crippen LogP contribution in [0.3, 0.4) is 0 Å². The van der Waals surface area contributed by atoms with Gasteiger partial charge in [0.05, 0.1) is 23.5 Å². The van der Waals surface area contributed by atoms with Gasteiger partial charge in [-0.1, -0.05) is 12.2 Å². The maximum Gasteiger partial charge on any atom is 0.123 e. The smallest absolute Gasteiger partial charge is 0.123 e. The third-order valence-electron chi connectivity index (χ3n) is 3.11. The van der Waals surface area contributed by atoms with Gasteiger partial charge in [-0.15, -0.1) is 0 Å². The molecule has 0 saturated carbocycles. The third kappa shape index (κ3) is 1.50. The molecule has 3 N–H and O–H groups in total. The van der Waals surface area contributed by atoms with Crippen molar-refractivity contribution in [2.75, 3.05) is 6.54 Å². The standard InChI is InChI=1S/C12H16N4/c1-12(13)4-2-9-10(3-5-12)16-7-6-14-8-11(16)15-9/h2-5,14H,6-8,13H2,1H3. The molecular weight excluding hydrogens is 200 g/mol. The van der Waals surface area contributed by atoms with E-state index in [-0.39, 0.29) is 5.54 Å². The lowest BCUT2D eigenvalue weighted by Gasteiger charge is -2.17. The van der Waals surface area contributed by atoms with Crippen LogP contribution in [0.1, 0.15) is 24.1 Å². The minimum absolute atomic E-state index is 0.367. The van der Waals surface area contributed by atoms with E-state index in [2.05, 4.69) is 20.9 Å². The van der Waals surface area contributed by atoms with Crippen LogP contribution < -0.4 is 11.1 Å². The van der Waals surface area contributed by atoms with Crippen molar-refractivity contribution >= 4 is 12.2 Å². The van der Waals surface area contributed by atoms with Gasteiger partial charge in [-0.3, -0.25) is 0 Å². The molecule has 2 heterocycles. The minimum Gasteiger partial charge on any atom is -0.326 e. The minimum atomic E-state index is -0.367. The average molecular weight is 216 g/mol. The Hall–Kier alpha value is -1.39. The number of rotatable bonds is 0. The highest BCUT2D eigenvalue weighted by molar-refractivity contribution is 5.65. The van der Waals surface area contributed by atoms with Crippen molar-refractivity contribution in [2.45, 2.75) is 25.6 Å². The van der Waals surface area contributed by atoms with Crippen molar-refractivity contribution in [3.63, 3.8) is 0 Å². The first-order valence-electron chi connectivity index (χ1n) is 5.63. The Kier molecular flexibility index (Phi) is 2.02. The molecule has 1 atom stereocenters. The molecule has 2 aliphatic rings. The monoisotopic (exact) mass is 216 g/mol. The molecule has 0 amide bonds. The Morgan fingerprint density at radius 3 is 3.12 bits per heavy atom. The van der Waals surface area contributed by atoms with Crippen LogP contribution in [0.25, 0.3) is 12.2 Å². The average Bonchev–Trinajstić information content (AvgIpc) is 2.54. The Bertz CT molecular complexity index is 479. The van der Waals surface area contributed by atoms with Crippen LogP contribution in [0, 0.1) is 0 Å². The second kappa shape index (κ2) is 3.30. The van der Waals surface area contributed by atoms with Crippen molar-refractivity contribution < 1.29 is 0 Å². The molecule has 0 spiro atoms. The first kappa shape index (κ1) is 9.81. The summed E-state index contributed by atoms with van der Waals surface area (Å²) in [5, 5.41) is 3.33. The van der Waals surface area contributed by atoms with Crippen LogP contribution in [-0.4, -0.2) is 21.6 Å². The summed E-state index contributed by atoms with van der Waals surface area (Å²) in [5.74, 6) is 1.12. The van der Waals surface area contributed by atoms with E-state index in [9.17, 15) is 0 Å². The summed E-state index contributed by atoms with van der Waals surface area (Å²) in [5.41, 5.74) is 7.92. The fourth-order valence-corrected chi connectivity index (χ4v) is 2.18. The maximum atomic E-state index is 6.07. The molecule has 0 radical (unpaired) electrons. The highest BCUT2D eigenvalue weighted by Crippen LogP contribution is 2.22. The van der Waals surface area contributed by atoms with Crippen molar-refractivity contribution in [1.82, 2.24) is 14.9 Å². The summed E-state index contributed by atoms with van der Waals surface area (Å²) in [6, 6.07) is 0. The molecule has 4 heteroatoms. The summed E-state index contributed by atoms with van der Waals surface area (Å²) in [7, 11) is 0. The van der Waals surface area contributed by atoms with E-state index in [0.717, 1.165) is 31.2 Å². The lowest BCUT2D eigenvalue weighted by Crippen LogP contribution is -2.30. The van der Waals surface area contributed by atoms with Crippen molar-refractivity contribution in [2.24, 2.45) is 5.73 Å². The molecule has 1 aliphatic heterocycles. The zero-order valence-electron chi connectivity index (χ0n) is 9.40. The largest absolute Gasteiger partial charge is 0.326 e. The quantitative estimate of drug-likeness (QED) is 0.672. The number of hydrogen-bond acceptors (Lipinski definition) is 3. The van der Waals surface area contributed by atoms with Gasteiger partial charge in [0.1, 0.15) is 5.82 Å². The Morgan fingerprint density at radius 2 is 2.25 bits per heavy atom. The summed E-state index contributed by atoms with van der Waals surface area (Å²) in [6.07, 6.45) is 8.16. The first-order valence-corrected chi connectivity index (χ1v) is 5.63. The van der Waals surface area contributed by atoms with Crippen molar-refractivity contribution in [1.29, 1.82) is 0 Å². The van der Waals surface area contributed by atoms with Gasteiger partial charge < -0.3 is 15.6 Å². The van der Waals surface area contributed by atoms with Gasteiger partial charge in [0.15, 0.2) is 0 Å². The van der Waals surface area contributed by atoms with Gasteiger partial charge in [0, 0.05) is 13.1 Å². The molecule has 0 saturated heterocycles. The van der Waals surface area contributed by atoms with Crippen LogP contribution in [0.4, 0.5) is 0 Å². The van der Waals surface area contributed by atoms with E-state index >= 15 is 0 Å². The number of nitrogens with zero attached hydrogens (tertiary/aromatic N) is 2. The number of nitrogens with one attached hydrogen (secondary N) is 1. The third-order valence-corrected chi connectivity index (χ3v) is 3.11. The van der Waals surface area contributed by atoms with Gasteiger partial charge in [0.25, 0.3) is 0 Å². The molecule has 1 aromatic heterocycles. The molecule has 1 unspecified atom stereocenters. The van der Waals surface area contributed by atoms with E-state index in [4.69, 9.17) is 5.73 Å². The van der Waals surface area contributed by atoms with E-state index in [1.165, 1.54) is 5.69 Å². The summed E-state index contributed by atoms with van der Waals surface area (Å²) in [6.45, 7) is 4.84. The van der Waals surface area contributed by atoms with Gasteiger partial charge in [-0.25, -0.2) is 4.98 Å². The lowest BCUT2D eigenvalue weighted by atomic mass is 10.0. The molecule has 84 valence electrons.